The summed E-state index contributed by atoms with van der Waals surface area (Å²) in [7, 11) is 0. The molecule has 5 saturated carbocycles. The molecule has 6 rings (SSSR count). The minimum atomic E-state index is -0.0678. The highest BCUT2D eigenvalue weighted by atomic mass is 16.3. The first-order valence-corrected chi connectivity index (χ1v) is 11.0. The second-order valence-electron chi connectivity index (χ2n) is 10.9. The molecule has 0 aromatic rings. The lowest BCUT2D eigenvalue weighted by Gasteiger charge is -2.73. The van der Waals surface area contributed by atoms with Gasteiger partial charge in [0.15, 0.2) is 0 Å². The Morgan fingerprint density at radius 1 is 1.00 bits per heavy atom. The molecule has 0 aromatic heterocycles. The van der Waals surface area contributed by atoms with E-state index in [9.17, 15) is 10.2 Å². The summed E-state index contributed by atoms with van der Waals surface area (Å²) in [6.07, 6.45) is 10.7. The molecule has 1 saturated heterocycles. The maximum absolute atomic E-state index is 11.3. The highest BCUT2D eigenvalue weighted by molar-refractivity contribution is 5.19. The van der Waals surface area contributed by atoms with E-state index in [4.69, 9.17) is 0 Å². The van der Waals surface area contributed by atoms with Crippen LogP contribution >= 0.6 is 0 Å². The monoisotopic (exact) mass is 347 g/mol. The van der Waals surface area contributed by atoms with Crippen LogP contribution in [0.4, 0.5) is 0 Å². The third-order valence-corrected chi connectivity index (χ3v) is 10.1. The molecule has 0 aromatic carbocycles. The first-order chi connectivity index (χ1) is 12.0. The van der Waals surface area contributed by atoms with Crippen LogP contribution in [0.15, 0.2) is 0 Å². The van der Waals surface area contributed by atoms with Crippen molar-refractivity contribution in [2.45, 2.75) is 71.3 Å². The Morgan fingerprint density at radius 3 is 2.60 bits per heavy atom. The van der Waals surface area contributed by atoms with Crippen LogP contribution in [0.3, 0.4) is 0 Å². The van der Waals surface area contributed by atoms with Crippen molar-refractivity contribution >= 4 is 0 Å². The van der Waals surface area contributed by atoms with E-state index in [0.717, 1.165) is 24.3 Å². The first-order valence-electron chi connectivity index (χ1n) is 11.0. The summed E-state index contributed by atoms with van der Waals surface area (Å²) in [5.74, 6) is 2.83. The lowest BCUT2D eigenvalue weighted by atomic mass is 9.34. The summed E-state index contributed by atoms with van der Waals surface area (Å²) in [4.78, 5) is 2.59. The molecule has 4 bridgehead atoms. The zero-order valence-electron chi connectivity index (χ0n) is 16.2. The fraction of sp³-hybridized carbons (Fsp3) is 1.00. The SMILES string of the molecule is C[C@@H]1[C@H]2CC[C@@]3(CC[C@@H]4[C@@]5(C)CCC[C@@]4(CN(CCO)C5)[C@@H]3C2)[C@@H]1O. The van der Waals surface area contributed by atoms with Crippen LogP contribution in [-0.4, -0.2) is 47.5 Å². The summed E-state index contributed by atoms with van der Waals surface area (Å²) in [5, 5.41) is 20.9. The highest BCUT2D eigenvalue weighted by Crippen LogP contribution is 2.73. The van der Waals surface area contributed by atoms with Crippen molar-refractivity contribution in [2.24, 2.45) is 39.9 Å². The Kier molecular flexibility index (Phi) is 3.71. The molecule has 8 atom stereocenters. The summed E-state index contributed by atoms with van der Waals surface area (Å²) in [5.41, 5.74) is 1.06. The normalized spacial score (nSPS) is 57.8. The average molecular weight is 348 g/mol. The van der Waals surface area contributed by atoms with Crippen LogP contribution in [0, 0.1) is 39.9 Å². The molecular formula is C22H37NO2. The van der Waals surface area contributed by atoms with Gasteiger partial charge in [0.2, 0.25) is 0 Å². The van der Waals surface area contributed by atoms with Gasteiger partial charge < -0.3 is 10.2 Å². The lowest BCUT2D eigenvalue weighted by molar-refractivity contribution is -0.266. The molecule has 25 heavy (non-hydrogen) atoms. The Balaban J connectivity index is 1.58. The molecule has 0 radical (unpaired) electrons. The van der Waals surface area contributed by atoms with Crippen molar-refractivity contribution in [3.63, 3.8) is 0 Å². The van der Waals surface area contributed by atoms with Gasteiger partial charge in [-0.15, -0.1) is 0 Å². The molecule has 6 fully saturated rings. The smallest absolute Gasteiger partial charge is 0.0627 e. The molecule has 3 nitrogen and oxygen atoms in total. The molecule has 5 aliphatic carbocycles. The van der Waals surface area contributed by atoms with Crippen LogP contribution in [0.5, 0.6) is 0 Å². The quantitative estimate of drug-likeness (QED) is 0.805. The number of hydrogen-bond acceptors (Lipinski definition) is 3. The van der Waals surface area contributed by atoms with E-state index in [1.165, 1.54) is 64.5 Å². The zero-order valence-corrected chi connectivity index (χ0v) is 16.2. The molecule has 1 aliphatic heterocycles. The van der Waals surface area contributed by atoms with E-state index in [-0.39, 0.29) is 18.1 Å². The lowest BCUT2D eigenvalue weighted by Crippen LogP contribution is -2.71. The van der Waals surface area contributed by atoms with Gasteiger partial charge in [0.25, 0.3) is 0 Å². The zero-order chi connectivity index (χ0) is 17.4. The molecule has 2 N–H and O–H groups in total. The predicted octanol–water partition coefficient (Wildman–Crippen LogP) is 3.29. The summed E-state index contributed by atoms with van der Waals surface area (Å²) < 4.78 is 0. The molecule has 1 spiro atoms. The Labute approximate surface area is 153 Å². The van der Waals surface area contributed by atoms with Crippen LogP contribution in [-0.2, 0) is 0 Å². The minimum absolute atomic E-state index is 0.0678. The van der Waals surface area contributed by atoms with Gasteiger partial charge in [0, 0.05) is 25.0 Å². The standard InChI is InChI=1S/C22H37NO2/c1-15-16-4-8-21(19(15)25)9-5-17-20(2)6-3-7-22(17,18(21)12-16)14-23(13-20)10-11-24/h15-19,24-25H,3-14H2,1-2H3/t15-,16+,17-,18-,19-,20+,21+,22+/m1/s1. The van der Waals surface area contributed by atoms with Gasteiger partial charge in [0.05, 0.1) is 12.7 Å². The van der Waals surface area contributed by atoms with Gasteiger partial charge in [-0.25, -0.2) is 0 Å². The van der Waals surface area contributed by atoms with Crippen molar-refractivity contribution in [1.82, 2.24) is 4.90 Å². The van der Waals surface area contributed by atoms with Crippen LogP contribution in [0.2, 0.25) is 0 Å². The van der Waals surface area contributed by atoms with E-state index in [0.29, 0.717) is 16.7 Å². The summed E-state index contributed by atoms with van der Waals surface area (Å²) in [6.45, 7) is 8.37. The third-order valence-electron chi connectivity index (χ3n) is 10.1. The number of rotatable bonds is 2. The summed E-state index contributed by atoms with van der Waals surface area (Å²) in [6, 6.07) is 0. The van der Waals surface area contributed by atoms with Crippen LogP contribution < -0.4 is 0 Å². The number of aliphatic hydroxyl groups excluding tert-OH is 2. The topological polar surface area (TPSA) is 43.7 Å². The number of aliphatic hydroxyl groups is 2. The second kappa shape index (κ2) is 5.45. The van der Waals surface area contributed by atoms with E-state index in [1.54, 1.807) is 0 Å². The van der Waals surface area contributed by atoms with Crippen molar-refractivity contribution in [3.05, 3.63) is 0 Å². The van der Waals surface area contributed by atoms with E-state index >= 15 is 0 Å². The van der Waals surface area contributed by atoms with Crippen molar-refractivity contribution in [1.29, 1.82) is 0 Å². The second-order valence-corrected chi connectivity index (χ2v) is 10.9. The number of piperidine rings is 1. The van der Waals surface area contributed by atoms with E-state index in [1.807, 2.05) is 0 Å². The molecule has 0 unspecified atom stereocenters. The fourth-order valence-electron chi connectivity index (χ4n) is 9.25. The first kappa shape index (κ1) is 17.0. The van der Waals surface area contributed by atoms with Gasteiger partial charge in [-0.2, -0.15) is 0 Å². The summed E-state index contributed by atoms with van der Waals surface area (Å²) >= 11 is 0. The van der Waals surface area contributed by atoms with E-state index < -0.39 is 0 Å². The minimum Gasteiger partial charge on any atom is -0.395 e. The van der Waals surface area contributed by atoms with Gasteiger partial charge >= 0.3 is 0 Å². The Bertz CT molecular complexity index is 552. The number of hydrogen-bond donors (Lipinski definition) is 2. The molecular weight excluding hydrogens is 310 g/mol. The predicted molar refractivity (Wildman–Crippen MR) is 99.1 cm³/mol. The van der Waals surface area contributed by atoms with Crippen molar-refractivity contribution < 1.29 is 10.2 Å². The largest absolute Gasteiger partial charge is 0.395 e. The average Bonchev–Trinajstić information content (AvgIpc) is 2.58. The maximum Gasteiger partial charge on any atom is 0.0627 e. The van der Waals surface area contributed by atoms with Crippen molar-refractivity contribution in [2.75, 3.05) is 26.2 Å². The van der Waals surface area contributed by atoms with E-state index in [2.05, 4.69) is 18.7 Å². The number of likely N-dealkylation sites (tertiary alicyclic amines) is 1. The Hall–Kier alpha value is -0.120. The van der Waals surface area contributed by atoms with Gasteiger partial charge in [-0.05, 0) is 79.4 Å². The number of fused-ring (bicyclic) bond motifs is 2. The molecule has 142 valence electrons. The Morgan fingerprint density at radius 2 is 1.80 bits per heavy atom. The van der Waals surface area contributed by atoms with Gasteiger partial charge in [-0.1, -0.05) is 20.3 Å². The van der Waals surface area contributed by atoms with Gasteiger partial charge in [0.1, 0.15) is 0 Å². The van der Waals surface area contributed by atoms with Crippen molar-refractivity contribution in [3.8, 4) is 0 Å². The van der Waals surface area contributed by atoms with Gasteiger partial charge in [-0.3, -0.25) is 4.90 Å². The number of β-amino-alcohol motifs (C(OH)–C–C–N with tert-alkyl or cyclic N) is 1. The number of nitrogens with zero attached hydrogens (tertiary/aromatic N) is 1. The molecule has 1 heterocycles. The van der Waals surface area contributed by atoms with Crippen LogP contribution in [0.1, 0.15) is 65.2 Å². The third kappa shape index (κ3) is 2.04. The maximum atomic E-state index is 11.3. The molecule has 6 aliphatic rings. The molecule has 3 heteroatoms. The highest BCUT2D eigenvalue weighted by Gasteiger charge is 2.69. The molecule has 0 amide bonds. The fourth-order valence-corrected chi connectivity index (χ4v) is 9.25. The van der Waals surface area contributed by atoms with Crippen LogP contribution in [0.25, 0.3) is 0 Å².